The molecule has 120 valence electrons. The molecule has 6 nitrogen and oxygen atoms in total. The van der Waals surface area contributed by atoms with Crippen LogP contribution in [-0.2, 0) is 4.79 Å². The van der Waals surface area contributed by atoms with E-state index in [-0.39, 0.29) is 24.2 Å². The van der Waals surface area contributed by atoms with Crippen LogP contribution in [0.25, 0.3) is 0 Å². The van der Waals surface area contributed by atoms with Crippen LogP contribution in [0.5, 0.6) is 0 Å². The quantitative estimate of drug-likeness (QED) is 0.934. The standard InChI is InChI=1S/C15H15FN4O2S/c1-10-9-23-14(17-10)18-13(21)8-19-6-7-20(15(19)22)12-5-3-2-4-11(12)16/h2-5,9H,6-8H2,1H3,(H,17,18,21). The molecule has 1 aliphatic rings. The predicted molar refractivity (Wildman–Crippen MR) is 86.2 cm³/mol. The summed E-state index contributed by atoms with van der Waals surface area (Å²) >= 11 is 1.33. The van der Waals surface area contributed by atoms with Gasteiger partial charge in [0.05, 0.1) is 11.4 Å². The first-order valence-electron chi connectivity index (χ1n) is 7.07. The number of hydrogen-bond donors (Lipinski definition) is 1. The van der Waals surface area contributed by atoms with Crippen LogP contribution in [0.15, 0.2) is 29.6 Å². The van der Waals surface area contributed by atoms with Gasteiger partial charge in [-0.25, -0.2) is 14.2 Å². The number of rotatable bonds is 4. The zero-order valence-corrected chi connectivity index (χ0v) is 13.3. The molecule has 0 unspecified atom stereocenters. The maximum Gasteiger partial charge on any atom is 0.325 e. The van der Waals surface area contributed by atoms with Gasteiger partial charge in [-0.15, -0.1) is 11.3 Å². The molecule has 2 aromatic rings. The van der Waals surface area contributed by atoms with Crippen molar-refractivity contribution in [2.45, 2.75) is 6.92 Å². The first-order valence-corrected chi connectivity index (χ1v) is 7.95. The molecule has 0 atom stereocenters. The van der Waals surface area contributed by atoms with Crippen molar-refractivity contribution in [1.29, 1.82) is 0 Å². The number of carbonyl (C=O) groups excluding carboxylic acids is 2. The molecule has 1 fully saturated rings. The lowest BCUT2D eigenvalue weighted by molar-refractivity contribution is -0.116. The number of urea groups is 1. The summed E-state index contributed by atoms with van der Waals surface area (Å²) in [7, 11) is 0. The van der Waals surface area contributed by atoms with Crippen molar-refractivity contribution in [1.82, 2.24) is 9.88 Å². The number of nitrogens with zero attached hydrogens (tertiary/aromatic N) is 3. The number of aromatic nitrogens is 1. The van der Waals surface area contributed by atoms with Gasteiger partial charge in [0.2, 0.25) is 5.91 Å². The molecule has 23 heavy (non-hydrogen) atoms. The molecule has 1 aliphatic heterocycles. The van der Waals surface area contributed by atoms with Gasteiger partial charge in [0.15, 0.2) is 5.13 Å². The van der Waals surface area contributed by atoms with Crippen molar-refractivity contribution >= 4 is 34.1 Å². The number of hydrogen-bond acceptors (Lipinski definition) is 4. The number of aryl methyl sites for hydroxylation is 1. The molecule has 0 saturated carbocycles. The van der Waals surface area contributed by atoms with Crippen LogP contribution in [-0.4, -0.2) is 41.5 Å². The lowest BCUT2D eigenvalue weighted by atomic mass is 10.3. The average molecular weight is 334 g/mol. The van der Waals surface area contributed by atoms with Gasteiger partial charge in [-0.05, 0) is 19.1 Å². The predicted octanol–water partition coefficient (Wildman–Crippen LogP) is 2.47. The molecular formula is C15H15FN4O2S. The van der Waals surface area contributed by atoms with E-state index in [9.17, 15) is 14.0 Å². The Morgan fingerprint density at radius 1 is 1.39 bits per heavy atom. The van der Waals surface area contributed by atoms with Crippen molar-refractivity contribution in [3.8, 4) is 0 Å². The highest BCUT2D eigenvalue weighted by Crippen LogP contribution is 2.23. The van der Waals surface area contributed by atoms with Crippen LogP contribution in [0.1, 0.15) is 5.69 Å². The molecule has 1 saturated heterocycles. The molecule has 1 aromatic carbocycles. The summed E-state index contributed by atoms with van der Waals surface area (Å²) in [6, 6.07) is 5.73. The van der Waals surface area contributed by atoms with E-state index in [2.05, 4.69) is 10.3 Å². The van der Waals surface area contributed by atoms with Crippen LogP contribution in [0.3, 0.4) is 0 Å². The maximum absolute atomic E-state index is 13.8. The largest absolute Gasteiger partial charge is 0.325 e. The molecule has 0 aliphatic carbocycles. The summed E-state index contributed by atoms with van der Waals surface area (Å²) in [5, 5.41) is 4.99. The lowest BCUT2D eigenvalue weighted by Crippen LogP contribution is -2.37. The third kappa shape index (κ3) is 3.31. The Hall–Kier alpha value is -2.48. The third-order valence-corrected chi connectivity index (χ3v) is 4.31. The van der Waals surface area contributed by atoms with Crippen LogP contribution in [0, 0.1) is 12.7 Å². The summed E-state index contributed by atoms with van der Waals surface area (Å²) in [5.74, 6) is -0.770. The Bertz CT molecular complexity index is 749. The van der Waals surface area contributed by atoms with E-state index in [1.165, 1.54) is 27.2 Å². The number of benzene rings is 1. The fourth-order valence-corrected chi connectivity index (χ4v) is 3.07. The second kappa shape index (κ2) is 6.33. The number of anilines is 2. The maximum atomic E-state index is 13.8. The summed E-state index contributed by atoms with van der Waals surface area (Å²) in [4.78, 5) is 31.2. The first kappa shape index (κ1) is 15.4. The minimum absolute atomic E-state index is 0.0809. The van der Waals surface area contributed by atoms with E-state index >= 15 is 0 Å². The summed E-state index contributed by atoms with van der Waals surface area (Å²) < 4.78 is 13.8. The normalized spacial score (nSPS) is 14.4. The van der Waals surface area contributed by atoms with Gasteiger partial charge in [-0.1, -0.05) is 12.1 Å². The molecule has 3 rings (SSSR count). The van der Waals surface area contributed by atoms with Crippen molar-refractivity contribution in [2.24, 2.45) is 0 Å². The van der Waals surface area contributed by atoms with E-state index in [0.29, 0.717) is 18.2 Å². The number of nitrogens with one attached hydrogen (secondary N) is 1. The van der Waals surface area contributed by atoms with Crippen molar-refractivity contribution in [2.75, 3.05) is 29.9 Å². The Kier molecular flexibility index (Phi) is 4.24. The fraction of sp³-hybridized carbons (Fsp3) is 0.267. The second-order valence-electron chi connectivity index (χ2n) is 5.15. The van der Waals surface area contributed by atoms with Gasteiger partial charge in [0, 0.05) is 18.5 Å². The number of carbonyl (C=O) groups is 2. The molecule has 0 radical (unpaired) electrons. The van der Waals surface area contributed by atoms with E-state index in [1.54, 1.807) is 18.2 Å². The zero-order chi connectivity index (χ0) is 16.4. The monoisotopic (exact) mass is 334 g/mol. The number of thiazole rings is 1. The van der Waals surface area contributed by atoms with Gasteiger partial charge >= 0.3 is 6.03 Å². The average Bonchev–Trinajstić information content (AvgIpc) is 3.07. The Labute approximate surface area is 136 Å². The highest BCUT2D eigenvalue weighted by Gasteiger charge is 2.32. The Morgan fingerprint density at radius 2 is 2.17 bits per heavy atom. The topological polar surface area (TPSA) is 65.5 Å². The fourth-order valence-electron chi connectivity index (χ4n) is 2.37. The van der Waals surface area contributed by atoms with E-state index in [0.717, 1.165) is 5.69 Å². The highest BCUT2D eigenvalue weighted by atomic mass is 32.1. The number of halogens is 1. The minimum Gasteiger partial charge on any atom is -0.313 e. The van der Waals surface area contributed by atoms with Crippen molar-refractivity contribution in [3.05, 3.63) is 41.2 Å². The van der Waals surface area contributed by atoms with Gasteiger partial charge in [-0.3, -0.25) is 9.69 Å². The number of para-hydroxylation sites is 1. The van der Waals surface area contributed by atoms with Gasteiger partial charge in [0.1, 0.15) is 12.4 Å². The molecular weight excluding hydrogens is 319 g/mol. The Morgan fingerprint density at radius 3 is 2.87 bits per heavy atom. The van der Waals surface area contributed by atoms with Crippen LogP contribution < -0.4 is 10.2 Å². The summed E-state index contributed by atoms with van der Waals surface area (Å²) in [6.45, 7) is 2.48. The van der Waals surface area contributed by atoms with Crippen LogP contribution in [0.2, 0.25) is 0 Å². The van der Waals surface area contributed by atoms with E-state index in [4.69, 9.17) is 0 Å². The molecule has 0 spiro atoms. The molecule has 3 amide bonds. The third-order valence-electron chi connectivity index (χ3n) is 3.44. The molecule has 0 bridgehead atoms. The first-order chi connectivity index (χ1) is 11.0. The van der Waals surface area contributed by atoms with Crippen LogP contribution >= 0.6 is 11.3 Å². The Balaban J connectivity index is 1.63. The molecule has 2 heterocycles. The molecule has 1 N–H and O–H groups in total. The van der Waals surface area contributed by atoms with Crippen molar-refractivity contribution < 1.29 is 14.0 Å². The molecule has 1 aromatic heterocycles. The zero-order valence-electron chi connectivity index (χ0n) is 12.5. The SMILES string of the molecule is Cc1csc(NC(=O)CN2CCN(c3ccccc3F)C2=O)n1. The molecule has 8 heteroatoms. The van der Waals surface area contributed by atoms with E-state index in [1.807, 2.05) is 12.3 Å². The summed E-state index contributed by atoms with van der Waals surface area (Å²) in [5.41, 5.74) is 1.06. The lowest BCUT2D eigenvalue weighted by Gasteiger charge is -2.18. The summed E-state index contributed by atoms with van der Waals surface area (Å²) in [6.07, 6.45) is 0. The van der Waals surface area contributed by atoms with Gasteiger partial charge in [-0.2, -0.15) is 0 Å². The smallest absolute Gasteiger partial charge is 0.313 e. The van der Waals surface area contributed by atoms with E-state index < -0.39 is 5.82 Å². The van der Waals surface area contributed by atoms with Gasteiger partial charge in [0.25, 0.3) is 0 Å². The van der Waals surface area contributed by atoms with Crippen LogP contribution in [0.4, 0.5) is 20.0 Å². The number of amides is 3. The minimum atomic E-state index is -0.453. The van der Waals surface area contributed by atoms with Gasteiger partial charge < -0.3 is 10.2 Å². The second-order valence-corrected chi connectivity index (χ2v) is 6.01. The van der Waals surface area contributed by atoms with Crippen molar-refractivity contribution in [3.63, 3.8) is 0 Å². The highest BCUT2D eigenvalue weighted by molar-refractivity contribution is 7.13.